The molecule has 0 bridgehead atoms. The molecule has 0 saturated carbocycles. The number of nitrogens with one attached hydrogen (secondary N) is 2. The van der Waals surface area contributed by atoms with Gasteiger partial charge in [-0.1, -0.05) is 30.3 Å². The minimum atomic E-state index is -0.210. The van der Waals surface area contributed by atoms with Crippen LogP contribution in [-0.4, -0.2) is 4.98 Å². The second-order valence-electron chi connectivity index (χ2n) is 6.93. The first-order valence-corrected chi connectivity index (χ1v) is 8.98. The first-order chi connectivity index (χ1) is 13.1. The quantitative estimate of drug-likeness (QED) is 0.294. The van der Waals surface area contributed by atoms with Crippen molar-refractivity contribution in [3.8, 4) is 0 Å². The molecule has 0 aliphatic heterocycles. The molecule has 140 valence electrons. The number of benzene rings is 3. The number of para-hydroxylation sites is 2. The van der Waals surface area contributed by atoms with Crippen LogP contribution in [0.3, 0.4) is 0 Å². The topological polar surface area (TPSA) is 31.7 Å². The molecule has 0 spiro atoms. The molecule has 5 rings (SSSR count). The van der Waals surface area contributed by atoms with Crippen LogP contribution in [0.2, 0.25) is 0 Å². The highest BCUT2D eigenvalue weighted by Crippen LogP contribution is 2.35. The fourth-order valence-electron chi connectivity index (χ4n) is 3.83. The van der Waals surface area contributed by atoms with Gasteiger partial charge < -0.3 is 34.3 Å². The Labute approximate surface area is 179 Å². The molecular formula is C23H19FIN3. The van der Waals surface area contributed by atoms with Crippen molar-refractivity contribution in [2.75, 3.05) is 5.32 Å². The van der Waals surface area contributed by atoms with E-state index in [2.05, 4.69) is 46.2 Å². The van der Waals surface area contributed by atoms with E-state index in [0.717, 1.165) is 38.8 Å². The van der Waals surface area contributed by atoms with E-state index < -0.39 is 0 Å². The zero-order chi connectivity index (χ0) is 18.5. The third-order valence-corrected chi connectivity index (χ3v) is 5.24. The summed E-state index contributed by atoms with van der Waals surface area (Å²) in [4.78, 5) is 3.55. The van der Waals surface area contributed by atoms with Crippen molar-refractivity contribution in [1.29, 1.82) is 0 Å². The van der Waals surface area contributed by atoms with Gasteiger partial charge in [0.05, 0.1) is 22.0 Å². The summed E-state index contributed by atoms with van der Waals surface area (Å²) in [5.74, 6) is -0.210. The van der Waals surface area contributed by atoms with Gasteiger partial charge >= 0.3 is 0 Å². The molecule has 0 saturated heterocycles. The highest BCUT2D eigenvalue weighted by Gasteiger charge is 2.22. The van der Waals surface area contributed by atoms with Gasteiger partial charge in [-0.3, -0.25) is 0 Å². The normalized spacial score (nSPS) is 11.1. The zero-order valence-corrected chi connectivity index (χ0v) is 17.7. The third kappa shape index (κ3) is 2.81. The number of nitrogens with zero attached hydrogens (tertiary/aromatic N) is 1. The maximum absolute atomic E-state index is 14.1. The number of aromatic amines is 1. The van der Waals surface area contributed by atoms with Crippen LogP contribution in [-0.2, 0) is 7.05 Å². The van der Waals surface area contributed by atoms with Crippen molar-refractivity contribution in [3.05, 3.63) is 78.1 Å². The van der Waals surface area contributed by atoms with E-state index in [9.17, 15) is 4.39 Å². The van der Waals surface area contributed by atoms with Crippen LogP contribution in [0.15, 0.2) is 66.7 Å². The molecule has 28 heavy (non-hydrogen) atoms. The first-order valence-electron chi connectivity index (χ1n) is 8.98. The maximum Gasteiger partial charge on any atom is 0.240 e. The number of hydrogen-bond acceptors (Lipinski definition) is 1. The lowest BCUT2D eigenvalue weighted by atomic mass is 10.1. The van der Waals surface area contributed by atoms with Crippen LogP contribution in [0, 0.1) is 12.7 Å². The minimum absolute atomic E-state index is 0. The van der Waals surface area contributed by atoms with E-state index >= 15 is 0 Å². The molecule has 0 amide bonds. The van der Waals surface area contributed by atoms with Crippen molar-refractivity contribution in [2.45, 2.75) is 6.92 Å². The predicted octanol–water partition coefficient (Wildman–Crippen LogP) is 2.49. The highest BCUT2D eigenvalue weighted by atomic mass is 127. The van der Waals surface area contributed by atoms with Crippen molar-refractivity contribution in [1.82, 2.24) is 4.98 Å². The van der Waals surface area contributed by atoms with Crippen LogP contribution in [0.5, 0.6) is 0 Å². The number of fused-ring (bicyclic) bond motifs is 4. The lowest BCUT2D eigenvalue weighted by molar-refractivity contribution is -0.616. The van der Waals surface area contributed by atoms with E-state index in [-0.39, 0.29) is 29.8 Å². The van der Waals surface area contributed by atoms with Crippen LogP contribution < -0.4 is 33.9 Å². The van der Waals surface area contributed by atoms with Crippen LogP contribution in [0.1, 0.15) is 5.56 Å². The van der Waals surface area contributed by atoms with Gasteiger partial charge in [-0.25, -0.2) is 4.39 Å². The first kappa shape index (κ1) is 18.7. The van der Waals surface area contributed by atoms with Crippen molar-refractivity contribution in [2.24, 2.45) is 7.05 Å². The molecule has 3 nitrogen and oxygen atoms in total. The Hall–Kier alpha value is -2.67. The van der Waals surface area contributed by atoms with E-state index in [1.54, 1.807) is 19.1 Å². The lowest BCUT2D eigenvalue weighted by Gasteiger charge is -2.11. The summed E-state index contributed by atoms with van der Waals surface area (Å²) in [5.41, 5.74) is 6.66. The van der Waals surface area contributed by atoms with Crippen LogP contribution in [0.25, 0.3) is 32.8 Å². The third-order valence-electron chi connectivity index (χ3n) is 5.24. The van der Waals surface area contributed by atoms with Gasteiger partial charge in [-0.15, -0.1) is 0 Å². The molecule has 0 radical (unpaired) electrons. The Bertz CT molecular complexity index is 1340. The molecule has 0 fully saturated rings. The Morgan fingerprint density at radius 2 is 1.64 bits per heavy atom. The fraction of sp³-hybridized carbons (Fsp3) is 0.0870. The summed E-state index contributed by atoms with van der Waals surface area (Å²) in [7, 11) is 2.08. The molecule has 0 unspecified atom stereocenters. The smallest absolute Gasteiger partial charge is 0.240 e. The minimum Gasteiger partial charge on any atom is -1.00 e. The summed E-state index contributed by atoms with van der Waals surface area (Å²) >= 11 is 0. The molecule has 0 atom stereocenters. The van der Waals surface area contributed by atoms with Gasteiger partial charge in [0.2, 0.25) is 11.0 Å². The number of hydrogen-bond donors (Lipinski definition) is 2. The molecule has 0 aliphatic carbocycles. The number of anilines is 2. The Kier molecular flexibility index (Phi) is 4.71. The summed E-state index contributed by atoms with van der Waals surface area (Å²) in [6.45, 7) is 1.77. The summed E-state index contributed by atoms with van der Waals surface area (Å²) in [6, 6.07) is 21.8. The molecule has 3 aromatic carbocycles. The summed E-state index contributed by atoms with van der Waals surface area (Å²) in [6.07, 6.45) is 0. The highest BCUT2D eigenvalue weighted by molar-refractivity contribution is 6.13. The number of H-pyrrole nitrogens is 1. The fourth-order valence-corrected chi connectivity index (χ4v) is 3.83. The van der Waals surface area contributed by atoms with Gasteiger partial charge in [-0.2, -0.15) is 4.57 Å². The van der Waals surface area contributed by atoms with Crippen molar-refractivity contribution in [3.63, 3.8) is 0 Å². The molecule has 2 heterocycles. The average molecular weight is 483 g/mol. The largest absolute Gasteiger partial charge is 1.00 e. The van der Waals surface area contributed by atoms with Gasteiger partial charge in [-0.05, 0) is 42.8 Å². The van der Waals surface area contributed by atoms with Crippen molar-refractivity contribution >= 4 is 44.2 Å². The Morgan fingerprint density at radius 3 is 2.43 bits per heavy atom. The SMILES string of the molecule is Cc1ccc(Nc2c3ccccc3[n+](C)c3c2[nH]c2ccccc23)cc1F.[I-]. The van der Waals surface area contributed by atoms with Crippen LogP contribution in [0.4, 0.5) is 15.8 Å². The van der Waals surface area contributed by atoms with E-state index in [4.69, 9.17) is 0 Å². The van der Waals surface area contributed by atoms with Gasteiger partial charge in [0.15, 0.2) is 0 Å². The van der Waals surface area contributed by atoms with E-state index in [0.29, 0.717) is 5.56 Å². The molecular weight excluding hydrogens is 464 g/mol. The summed E-state index contributed by atoms with van der Waals surface area (Å²) in [5, 5.41) is 5.71. The molecule has 5 aromatic rings. The van der Waals surface area contributed by atoms with Gasteiger partial charge in [0, 0.05) is 11.8 Å². The van der Waals surface area contributed by atoms with Gasteiger partial charge in [0.25, 0.3) is 0 Å². The molecule has 5 heteroatoms. The summed E-state index contributed by atoms with van der Waals surface area (Å²) < 4.78 is 16.3. The number of aromatic nitrogens is 2. The standard InChI is InChI=1S/C23H18FN3.HI/c1-14-11-12-15(13-18(14)24)25-21-17-8-4-6-10-20(17)27(2)23-16-7-3-5-9-19(16)26-22(21)23;/h3-13H,1-2H3,(H,25,26);1H. The number of pyridine rings is 1. The van der Waals surface area contributed by atoms with E-state index in [1.807, 2.05) is 30.3 Å². The van der Waals surface area contributed by atoms with Gasteiger partial charge in [0.1, 0.15) is 18.4 Å². The Balaban J connectivity index is 0.00000192. The number of aryl methyl sites for hydroxylation is 2. The second-order valence-corrected chi connectivity index (χ2v) is 6.93. The lowest BCUT2D eigenvalue weighted by Crippen LogP contribution is -3.00. The maximum atomic E-state index is 14.1. The van der Waals surface area contributed by atoms with Crippen molar-refractivity contribution < 1.29 is 32.9 Å². The second kappa shape index (κ2) is 7.05. The molecule has 2 aromatic heterocycles. The van der Waals surface area contributed by atoms with Crippen LogP contribution >= 0.6 is 0 Å². The zero-order valence-electron chi connectivity index (χ0n) is 15.6. The molecule has 2 N–H and O–H groups in total. The molecule has 0 aliphatic rings. The Morgan fingerprint density at radius 1 is 0.929 bits per heavy atom. The average Bonchev–Trinajstić information content (AvgIpc) is 3.07. The predicted molar refractivity (Wildman–Crippen MR) is 109 cm³/mol. The number of rotatable bonds is 2. The monoisotopic (exact) mass is 483 g/mol. The van der Waals surface area contributed by atoms with E-state index in [1.165, 1.54) is 5.39 Å². The number of halogens is 2.